The number of aromatic nitrogens is 1. The summed E-state index contributed by atoms with van der Waals surface area (Å²) in [6.45, 7) is 5.90. The van der Waals surface area contributed by atoms with Gasteiger partial charge in [0.1, 0.15) is 0 Å². The second-order valence-electron chi connectivity index (χ2n) is 8.25. The molecule has 4 rings (SSSR count). The molecular weight excluding hydrogens is 376 g/mol. The van der Waals surface area contributed by atoms with Gasteiger partial charge in [0.05, 0.1) is 18.9 Å². The number of nitrogens with one attached hydrogen (secondary N) is 2. The lowest BCUT2D eigenvalue weighted by Gasteiger charge is -2.26. The second kappa shape index (κ2) is 9.49. The lowest BCUT2D eigenvalue weighted by Crippen LogP contribution is -2.35. The number of carbonyl (C=O) groups excluding carboxylic acids is 1. The van der Waals surface area contributed by atoms with Crippen molar-refractivity contribution in [3.63, 3.8) is 0 Å². The number of pyridine rings is 1. The van der Waals surface area contributed by atoms with Crippen molar-refractivity contribution < 1.29 is 9.53 Å². The van der Waals surface area contributed by atoms with Crippen LogP contribution in [0.4, 0.5) is 5.69 Å². The van der Waals surface area contributed by atoms with Gasteiger partial charge in [-0.05, 0) is 43.5 Å². The van der Waals surface area contributed by atoms with Crippen LogP contribution in [0.5, 0.6) is 0 Å². The summed E-state index contributed by atoms with van der Waals surface area (Å²) in [5.41, 5.74) is 5.02. The zero-order valence-corrected chi connectivity index (χ0v) is 17.6. The van der Waals surface area contributed by atoms with E-state index in [1.807, 2.05) is 24.4 Å². The molecule has 6 nitrogen and oxygen atoms in total. The van der Waals surface area contributed by atoms with Gasteiger partial charge >= 0.3 is 0 Å². The van der Waals surface area contributed by atoms with Crippen molar-refractivity contribution in [1.29, 1.82) is 5.41 Å². The van der Waals surface area contributed by atoms with Crippen LogP contribution in [0.3, 0.4) is 0 Å². The van der Waals surface area contributed by atoms with E-state index in [4.69, 9.17) is 10.1 Å². The molecule has 2 aromatic rings. The Balaban J connectivity index is 1.61. The zero-order chi connectivity index (χ0) is 20.9. The first-order valence-electron chi connectivity index (χ1n) is 10.9. The summed E-state index contributed by atoms with van der Waals surface area (Å²) in [5.74, 6) is -0.0336. The number of ether oxygens (including phenoxy) is 1. The SMILES string of the molecule is CC(=O)c1cc(-c2ccc(CN3CCOCC3)cn2)cc(NC2CCCC2)c1C=N. The van der Waals surface area contributed by atoms with Gasteiger partial charge < -0.3 is 15.5 Å². The van der Waals surface area contributed by atoms with Crippen LogP contribution >= 0.6 is 0 Å². The number of ketones is 1. The maximum absolute atomic E-state index is 12.3. The molecule has 2 aliphatic rings. The third-order valence-corrected chi connectivity index (χ3v) is 6.05. The predicted molar refractivity (Wildman–Crippen MR) is 120 cm³/mol. The first kappa shape index (κ1) is 20.7. The summed E-state index contributed by atoms with van der Waals surface area (Å²) < 4.78 is 5.42. The van der Waals surface area contributed by atoms with E-state index in [1.54, 1.807) is 6.92 Å². The highest BCUT2D eigenvalue weighted by molar-refractivity contribution is 6.06. The molecule has 0 radical (unpaired) electrons. The van der Waals surface area contributed by atoms with Gasteiger partial charge in [0.15, 0.2) is 5.78 Å². The molecule has 2 fully saturated rings. The van der Waals surface area contributed by atoms with Crippen molar-refractivity contribution in [2.45, 2.75) is 45.2 Å². The molecule has 1 aromatic carbocycles. The second-order valence-corrected chi connectivity index (χ2v) is 8.25. The summed E-state index contributed by atoms with van der Waals surface area (Å²) in [7, 11) is 0. The topological polar surface area (TPSA) is 78.3 Å². The minimum atomic E-state index is -0.0336. The van der Waals surface area contributed by atoms with E-state index in [9.17, 15) is 4.79 Å². The van der Waals surface area contributed by atoms with E-state index in [2.05, 4.69) is 21.3 Å². The molecule has 0 atom stereocenters. The number of hydrogen-bond acceptors (Lipinski definition) is 6. The molecule has 1 saturated carbocycles. The number of benzene rings is 1. The maximum Gasteiger partial charge on any atom is 0.160 e. The number of Topliss-reactive ketones (excluding diaryl/α,β-unsaturated/α-hetero) is 1. The average Bonchev–Trinajstić information content (AvgIpc) is 3.27. The van der Waals surface area contributed by atoms with Crippen molar-refractivity contribution in [2.24, 2.45) is 0 Å². The smallest absolute Gasteiger partial charge is 0.160 e. The Hall–Kier alpha value is -2.57. The van der Waals surface area contributed by atoms with Crippen molar-refractivity contribution in [3.05, 3.63) is 47.2 Å². The molecule has 1 saturated heterocycles. The minimum absolute atomic E-state index is 0.0336. The Morgan fingerprint density at radius 1 is 1.27 bits per heavy atom. The lowest BCUT2D eigenvalue weighted by atomic mass is 9.97. The van der Waals surface area contributed by atoms with Gasteiger partial charge in [0, 0.05) is 60.5 Å². The van der Waals surface area contributed by atoms with Crippen LogP contribution in [0, 0.1) is 5.41 Å². The van der Waals surface area contributed by atoms with Crippen LogP contribution < -0.4 is 5.32 Å². The summed E-state index contributed by atoms with van der Waals surface area (Å²) in [6, 6.07) is 8.45. The van der Waals surface area contributed by atoms with E-state index >= 15 is 0 Å². The molecule has 30 heavy (non-hydrogen) atoms. The third-order valence-electron chi connectivity index (χ3n) is 6.05. The number of morpholine rings is 1. The van der Waals surface area contributed by atoms with Gasteiger partial charge in [0.2, 0.25) is 0 Å². The monoisotopic (exact) mass is 406 g/mol. The van der Waals surface area contributed by atoms with E-state index in [1.165, 1.54) is 24.6 Å². The third kappa shape index (κ3) is 4.77. The standard InChI is InChI=1S/C24H30N4O2/c1-17(29)21-12-19(13-24(22(21)14-25)27-20-4-2-3-5-20)23-7-6-18(15-26-23)16-28-8-10-30-11-9-28/h6-7,12-15,20,25,27H,2-5,8-11,16H2,1H3. The van der Waals surface area contributed by atoms with Gasteiger partial charge in [-0.15, -0.1) is 0 Å². The fourth-order valence-electron chi connectivity index (χ4n) is 4.36. The van der Waals surface area contributed by atoms with Crippen LogP contribution in [0.15, 0.2) is 30.5 Å². The fourth-order valence-corrected chi connectivity index (χ4v) is 4.36. The van der Waals surface area contributed by atoms with E-state index in [-0.39, 0.29) is 5.78 Å². The number of rotatable bonds is 7. The van der Waals surface area contributed by atoms with Crippen molar-refractivity contribution in [2.75, 3.05) is 31.6 Å². The lowest BCUT2D eigenvalue weighted by molar-refractivity contribution is 0.0341. The van der Waals surface area contributed by atoms with Crippen LogP contribution in [-0.4, -0.2) is 54.2 Å². The Morgan fingerprint density at radius 2 is 2.03 bits per heavy atom. The number of anilines is 1. The molecular formula is C24H30N4O2. The Morgan fingerprint density at radius 3 is 2.67 bits per heavy atom. The van der Waals surface area contributed by atoms with E-state index in [0.717, 1.165) is 62.6 Å². The molecule has 1 aliphatic heterocycles. The fraction of sp³-hybridized carbons (Fsp3) is 0.458. The quantitative estimate of drug-likeness (QED) is 0.534. The highest BCUT2D eigenvalue weighted by Crippen LogP contribution is 2.31. The van der Waals surface area contributed by atoms with Crippen molar-refractivity contribution >= 4 is 17.7 Å². The van der Waals surface area contributed by atoms with Crippen LogP contribution in [0.1, 0.15) is 54.1 Å². The molecule has 0 amide bonds. The summed E-state index contributed by atoms with van der Waals surface area (Å²) in [6.07, 6.45) is 7.92. The normalized spacial score (nSPS) is 17.8. The molecule has 1 aromatic heterocycles. The number of nitrogens with zero attached hydrogens (tertiary/aromatic N) is 2. The Kier molecular flexibility index (Phi) is 6.55. The maximum atomic E-state index is 12.3. The minimum Gasteiger partial charge on any atom is -0.382 e. The molecule has 0 bridgehead atoms. The van der Waals surface area contributed by atoms with Gasteiger partial charge in [0.25, 0.3) is 0 Å². The Labute approximate surface area is 178 Å². The first-order valence-corrected chi connectivity index (χ1v) is 10.9. The summed E-state index contributed by atoms with van der Waals surface area (Å²) in [4.78, 5) is 19.4. The molecule has 1 aliphatic carbocycles. The van der Waals surface area contributed by atoms with Crippen molar-refractivity contribution in [3.8, 4) is 11.3 Å². The van der Waals surface area contributed by atoms with E-state index < -0.39 is 0 Å². The van der Waals surface area contributed by atoms with Crippen LogP contribution in [-0.2, 0) is 11.3 Å². The molecule has 158 valence electrons. The number of hydrogen-bond donors (Lipinski definition) is 2. The number of carbonyl (C=O) groups is 1. The predicted octanol–water partition coefficient (Wildman–Crippen LogP) is 4.14. The molecule has 2 N–H and O–H groups in total. The van der Waals surface area contributed by atoms with Gasteiger partial charge in [-0.25, -0.2) is 0 Å². The van der Waals surface area contributed by atoms with Gasteiger partial charge in [-0.3, -0.25) is 14.7 Å². The highest BCUT2D eigenvalue weighted by atomic mass is 16.5. The molecule has 0 spiro atoms. The summed E-state index contributed by atoms with van der Waals surface area (Å²) in [5, 5.41) is 11.5. The van der Waals surface area contributed by atoms with Gasteiger partial charge in [-0.2, -0.15) is 0 Å². The highest BCUT2D eigenvalue weighted by Gasteiger charge is 2.19. The molecule has 2 heterocycles. The van der Waals surface area contributed by atoms with Crippen LogP contribution in [0.25, 0.3) is 11.3 Å². The van der Waals surface area contributed by atoms with Crippen molar-refractivity contribution in [1.82, 2.24) is 9.88 Å². The molecule has 0 unspecified atom stereocenters. The van der Waals surface area contributed by atoms with Crippen LogP contribution in [0.2, 0.25) is 0 Å². The zero-order valence-electron chi connectivity index (χ0n) is 17.6. The first-order chi connectivity index (χ1) is 14.6. The largest absolute Gasteiger partial charge is 0.382 e. The average molecular weight is 407 g/mol. The molecule has 6 heteroatoms. The summed E-state index contributed by atoms with van der Waals surface area (Å²) >= 11 is 0. The van der Waals surface area contributed by atoms with E-state index in [0.29, 0.717) is 17.2 Å². The van der Waals surface area contributed by atoms with Gasteiger partial charge in [-0.1, -0.05) is 18.9 Å². The Bertz CT molecular complexity index is 898.